The number of ether oxygens (including phenoxy) is 1. The molecule has 0 saturated heterocycles. The molecule has 0 aromatic heterocycles. The maximum Gasteiger partial charge on any atom is 0.292 e. The third-order valence-electron chi connectivity index (χ3n) is 3.02. The molecule has 7 nitrogen and oxygen atoms in total. The fourth-order valence-corrected chi connectivity index (χ4v) is 1.84. The van der Waals surface area contributed by atoms with Crippen LogP contribution in [-0.4, -0.2) is 16.9 Å². The molecule has 0 aliphatic carbocycles. The summed E-state index contributed by atoms with van der Waals surface area (Å²) in [5.41, 5.74) is 0.401. The summed E-state index contributed by atoms with van der Waals surface area (Å²) >= 11 is 0. The van der Waals surface area contributed by atoms with Gasteiger partial charge in [0, 0.05) is 6.07 Å². The van der Waals surface area contributed by atoms with Crippen molar-refractivity contribution >= 4 is 17.3 Å². The number of benzene rings is 2. The number of nitrogens with one attached hydrogen (secondary N) is 1. The molecule has 2 aromatic carbocycles. The van der Waals surface area contributed by atoms with Crippen LogP contribution < -0.4 is 10.1 Å². The van der Waals surface area contributed by atoms with Crippen LogP contribution in [0.15, 0.2) is 48.5 Å². The van der Waals surface area contributed by atoms with Crippen LogP contribution in [0, 0.1) is 21.4 Å². The van der Waals surface area contributed by atoms with E-state index in [1.54, 1.807) is 30.3 Å². The molecule has 0 fully saturated rings. The van der Waals surface area contributed by atoms with Gasteiger partial charge in [0.15, 0.2) is 6.10 Å². The molecule has 2 rings (SSSR count). The van der Waals surface area contributed by atoms with Gasteiger partial charge < -0.3 is 10.1 Å². The van der Waals surface area contributed by atoms with Crippen LogP contribution in [0.3, 0.4) is 0 Å². The Balaban J connectivity index is 2.05. The summed E-state index contributed by atoms with van der Waals surface area (Å²) in [6, 6.07) is 14.1. The molecule has 0 radical (unpaired) electrons. The Morgan fingerprint density at radius 3 is 2.52 bits per heavy atom. The second-order valence-corrected chi connectivity index (χ2v) is 4.66. The minimum absolute atomic E-state index is 0.109. The number of hydrogen-bond donors (Lipinski definition) is 1. The van der Waals surface area contributed by atoms with E-state index in [4.69, 9.17) is 10.00 Å². The Morgan fingerprint density at radius 2 is 1.91 bits per heavy atom. The number of carbonyl (C=O) groups excluding carboxylic acids is 1. The van der Waals surface area contributed by atoms with Gasteiger partial charge in [-0.05, 0) is 37.3 Å². The molecular weight excluding hydrogens is 298 g/mol. The second-order valence-electron chi connectivity index (χ2n) is 4.66. The minimum atomic E-state index is -0.859. The van der Waals surface area contributed by atoms with Crippen molar-refractivity contribution in [3.05, 3.63) is 64.2 Å². The first-order valence-corrected chi connectivity index (χ1v) is 6.72. The standard InChI is InChI=1S/C16H13N3O4/c1-11(23-13-8-6-12(10-17)7-9-13)16(20)18-14-4-2-3-5-15(14)19(21)22/h2-9,11H,1H3,(H,18,20)/t11-/m1/s1. The number of amides is 1. The second kappa shape index (κ2) is 7.04. The minimum Gasteiger partial charge on any atom is -0.481 e. The highest BCUT2D eigenvalue weighted by atomic mass is 16.6. The van der Waals surface area contributed by atoms with E-state index in [9.17, 15) is 14.9 Å². The molecule has 0 unspecified atom stereocenters. The van der Waals surface area contributed by atoms with Gasteiger partial charge in [0.05, 0.1) is 16.6 Å². The molecule has 0 aliphatic heterocycles. The van der Waals surface area contributed by atoms with Crippen molar-refractivity contribution in [3.63, 3.8) is 0 Å². The molecule has 0 heterocycles. The molecule has 0 saturated carbocycles. The van der Waals surface area contributed by atoms with Gasteiger partial charge in [-0.15, -0.1) is 0 Å². The van der Waals surface area contributed by atoms with Crippen molar-refractivity contribution in [2.24, 2.45) is 0 Å². The third-order valence-corrected chi connectivity index (χ3v) is 3.02. The topological polar surface area (TPSA) is 105 Å². The molecule has 116 valence electrons. The Labute approximate surface area is 132 Å². The lowest BCUT2D eigenvalue weighted by Gasteiger charge is -2.14. The van der Waals surface area contributed by atoms with Crippen LogP contribution in [0.2, 0.25) is 0 Å². The normalized spacial score (nSPS) is 11.1. The zero-order valence-corrected chi connectivity index (χ0v) is 12.2. The van der Waals surface area contributed by atoms with Crippen LogP contribution >= 0.6 is 0 Å². The molecule has 7 heteroatoms. The Hall–Kier alpha value is -3.40. The summed E-state index contributed by atoms with van der Waals surface area (Å²) in [6.07, 6.45) is -0.859. The van der Waals surface area contributed by atoms with Gasteiger partial charge in [-0.1, -0.05) is 12.1 Å². The smallest absolute Gasteiger partial charge is 0.292 e. The first-order chi connectivity index (χ1) is 11.0. The van der Waals surface area contributed by atoms with Crippen LogP contribution in [-0.2, 0) is 4.79 Å². The van der Waals surface area contributed by atoms with Crippen LogP contribution in [0.4, 0.5) is 11.4 Å². The molecule has 1 atom stereocenters. The zero-order chi connectivity index (χ0) is 16.8. The predicted molar refractivity (Wildman–Crippen MR) is 83.0 cm³/mol. The Bertz CT molecular complexity index is 766. The summed E-state index contributed by atoms with van der Waals surface area (Å²) in [5.74, 6) is -0.0853. The molecule has 1 amide bonds. The van der Waals surface area contributed by atoms with Gasteiger partial charge >= 0.3 is 0 Å². The monoisotopic (exact) mass is 311 g/mol. The highest BCUT2D eigenvalue weighted by Gasteiger charge is 2.19. The molecule has 23 heavy (non-hydrogen) atoms. The van der Waals surface area contributed by atoms with Gasteiger partial charge in [-0.2, -0.15) is 5.26 Å². The van der Waals surface area contributed by atoms with E-state index < -0.39 is 16.9 Å². The molecule has 0 aliphatic rings. The molecule has 2 aromatic rings. The molecule has 1 N–H and O–H groups in total. The SMILES string of the molecule is C[C@@H](Oc1ccc(C#N)cc1)C(=O)Nc1ccccc1[N+](=O)[O-]. The molecule has 0 bridgehead atoms. The molecule has 0 spiro atoms. The number of nitro benzene ring substituents is 1. The van der Waals surface area contributed by atoms with E-state index in [1.165, 1.54) is 25.1 Å². The van der Waals surface area contributed by atoms with Crippen LogP contribution in [0.1, 0.15) is 12.5 Å². The van der Waals surface area contributed by atoms with E-state index in [-0.39, 0.29) is 11.4 Å². The lowest BCUT2D eigenvalue weighted by atomic mass is 10.2. The van der Waals surface area contributed by atoms with Crippen molar-refractivity contribution in [2.45, 2.75) is 13.0 Å². The number of nitro groups is 1. The van der Waals surface area contributed by atoms with Crippen molar-refractivity contribution in [3.8, 4) is 11.8 Å². The maximum atomic E-state index is 12.1. The first kappa shape index (κ1) is 16.0. The number of para-hydroxylation sites is 2. The van der Waals surface area contributed by atoms with E-state index >= 15 is 0 Å². The maximum absolute atomic E-state index is 12.1. The quantitative estimate of drug-likeness (QED) is 0.675. The Morgan fingerprint density at radius 1 is 1.26 bits per heavy atom. The number of rotatable bonds is 5. The Kier molecular flexibility index (Phi) is 4.89. The number of carbonyl (C=O) groups is 1. The zero-order valence-electron chi connectivity index (χ0n) is 12.2. The van der Waals surface area contributed by atoms with Crippen LogP contribution in [0.5, 0.6) is 5.75 Å². The summed E-state index contributed by atoms with van der Waals surface area (Å²) in [6.45, 7) is 1.53. The van der Waals surface area contributed by atoms with Crippen molar-refractivity contribution in [1.29, 1.82) is 5.26 Å². The summed E-state index contributed by atoms with van der Waals surface area (Å²) in [4.78, 5) is 22.5. The highest BCUT2D eigenvalue weighted by Crippen LogP contribution is 2.23. The van der Waals surface area contributed by atoms with E-state index in [2.05, 4.69) is 5.32 Å². The predicted octanol–water partition coefficient (Wildman–Crippen LogP) is 2.87. The van der Waals surface area contributed by atoms with Gasteiger partial charge in [0.1, 0.15) is 11.4 Å². The number of anilines is 1. The van der Waals surface area contributed by atoms with Gasteiger partial charge in [0.25, 0.3) is 11.6 Å². The fourth-order valence-electron chi connectivity index (χ4n) is 1.84. The van der Waals surface area contributed by atoms with Crippen molar-refractivity contribution in [2.75, 3.05) is 5.32 Å². The number of hydrogen-bond acceptors (Lipinski definition) is 5. The van der Waals surface area contributed by atoms with Gasteiger partial charge in [-0.25, -0.2) is 0 Å². The van der Waals surface area contributed by atoms with E-state index in [0.717, 1.165) is 0 Å². The van der Waals surface area contributed by atoms with Crippen LogP contribution in [0.25, 0.3) is 0 Å². The van der Waals surface area contributed by atoms with Gasteiger partial charge in [-0.3, -0.25) is 14.9 Å². The van der Waals surface area contributed by atoms with Crippen molar-refractivity contribution < 1.29 is 14.5 Å². The summed E-state index contributed by atoms with van der Waals surface area (Å²) in [5, 5.41) is 22.1. The third kappa shape index (κ3) is 4.04. The lowest BCUT2D eigenvalue weighted by molar-refractivity contribution is -0.383. The average Bonchev–Trinajstić information content (AvgIpc) is 2.55. The average molecular weight is 311 g/mol. The molecular formula is C16H13N3O4. The lowest BCUT2D eigenvalue weighted by Crippen LogP contribution is -2.30. The largest absolute Gasteiger partial charge is 0.481 e. The van der Waals surface area contributed by atoms with E-state index in [1.807, 2.05) is 6.07 Å². The number of nitriles is 1. The fraction of sp³-hybridized carbons (Fsp3) is 0.125. The van der Waals surface area contributed by atoms with Gasteiger partial charge in [0.2, 0.25) is 0 Å². The summed E-state index contributed by atoms with van der Waals surface area (Å²) < 4.78 is 5.46. The number of nitrogens with zero attached hydrogens (tertiary/aromatic N) is 2. The highest BCUT2D eigenvalue weighted by molar-refractivity contribution is 5.96. The van der Waals surface area contributed by atoms with Crippen molar-refractivity contribution in [1.82, 2.24) is 0 Å². The van der Waals surface area contributed by atoms with E-state index in [0.29, 0.717) is 11.3 Å². The first-order valence-electron chi connectivity index (χ1n) is 6.72. The summed E-state index contributed by atoms with van der Waals surface area (Å²) in [7, 11) is 0.